The first-order chi connectivity index (χ1) is 6.97. The lowest BCUT2D eigenvalue weighted by molar-refractivity contribution is -0.175. The van der Waals surface area contributed by atoms with Crippen LogP contribution < -0.4 is 0 Å². The van der Waals surface area contributed by atoms with Crippen LogP contribution in [-0.2, 0) is 16.0 Å². The standard InChI is InChI=1S/C8H8F3NO2S/c9-8(10,11)4-14-3-6(13)1-7-2-12-5-15-7/h2,5H,1,3-4H2. The summed E-state index contributed by atoms with van der Waals surface area (Å²) in [5, 5.41) is 0. The van der Waals surface area contributed by atoms with Crippen molar-refractivity contribution < 1.29 is 22.7 Å². The molecule has 0 saturated carbocycles. The van der Waals surface area contributed by atoms with Crippen LogP contribution in [0.15, 0.2) is 11.7 Å². The van der Waals surface area contributed by atoms with Gasteiger partial charge in [0.05, 0.1) is 5.51 Å². The van der Waals surface area contributed by atoms with E-state index in [2.05, 4.69) is 9.72 Å². The number of Topliss-reactive ketones (excluding diaryl/α,β-unsaturated/α-hetero) is 1. The number of rotatable bonds is 5. The lowest BCUT2D eigenvalue weighted by Gasteiger charge is -2.06. The second-order valence-corrected chi connectivity index (χ2v) is 3.76. The van der Waals surface area contributed by atoms with Crippen molar-refractivity contribution in [1.82, 2.24) is 4.98 Å². The second kappa shape index (κ2) is 5.22. The highest BCUT2D eigenvalue weighted by Crippen LogP contribution is 2.14. The van der Waals surface area contributed by atoms with Gasteiger partial charge in [0, 0.05) is 17.5 Å². The average molecular weight is 239 g/mol. The van der Waals surface area contributed by atoms with Crippen LogP contribution in [0.25, 0.3) is 0 Å². The van der Waals surface area contributed by atoms with E-state index in [0.29, 0.717) is 0 Å². The number of ether oxygens (including phenoxy) is 1. The Bertz CT molecular complexity index is 310. The number of halogens is 3. The van der Waals surface area contributed by atoms with Crippen molar-refractivity contribution in [2.24, 2.45) is 0 Å². The number of ketones is 1. The first-order valence-corrected chi connectivity index (χ1v) is 4.89. The molecule has 1 aromatic heterocycles. The third kappa shape index (κ3) is 5.48. The predicted octanol–water partition coefficient (Wildman–Crippen LogP) is 1.83. The first kappa shape index (κ1) is 12.1. The summed E-state index contributed by atoms with van der Waals surface area (Å²) in [5.74, 6) is -0.386. The van der Waals surface area contributed by atoms with Crippen LogP contribution in [0.3, 0.4) is 0 Å². The molecular weight excluding hydrogens is 231 g/mol. The molecule has 0 atom stereocenters. The van der Waals surface area contributed by atoms with E-state index in [1.807, 2.05) is 0 Å². The molecule has 0 spiro atoms. The number of alkyl halides is 3. The van der Waals surface area contributed by atoms with Gasteiger partial charge in [-0.1, -0.05) is 0 Å². The number of carbonyl (C=O) groups excluding carboxylic acids is 1. The number of hydrogen-bond donors (Lipinski definition) is 0. The minimum atomic E-state index is -4.38. The molecule has 0 unspecified atom stereocenters. The molecule has 0 bridgehead atoms. The molecule has 0 radical (unpaired) electrons. The largest absolute Gasteiger partial charge is 0.411 e. The SMILES string of the molecule is O=C(COCC(F)(F)F)Cc1cncs1. The zero-order valence-corrected chi connectivity index (χ0v) is 8.40. The van der Waals surface area contributed by atoms with E-state index in [0.717, 1.165) is 4.88 Å². The summed E-state index contributed by atoms with van der Waals surface area (Å²) in [7, 11) is 0. The lowest BCUT2D eigenvalue weighted by atomic mass is 10.3. The van der Waals surface area contributed by atoms with Crippen molar-refractivity contribution in [1.29, 1.82) is 0 Å². The fourth-order valence-corrected chi connectivity index (χ4v) is 1.48. The molecule has 1 rings (SSSR count). The minimum Gasteiger partial charge on any atom is -0.364 e. The van der Waals surface area contributed by atoms with Gasteiger partial charge in [-0.05, 0) is 0 Å². The molecule has 7 heteroatoms. The Hall–Kier alpha value is -0.950. The fourth-order valence-electron chi connectivity index (χ4n) is 0.855. The number of carbonyl (C=O) groups is 1. The van der Waals surface area contributed by atoms with Gasteiger partial charge < -0.3 is 4.74 Å². The van der Waals surface area contributed by atoms with Gasteiger partial charge in [-0.2, -0.15) is 13.2 Å². The van der Waals surface area contributed by atoms with E-state index in [-0.39, 0.29) is 12.2 Å². The highest BCUT2D eigenvalue weighted by Gasteiger charge is 2.27. The Morgan fingerprint density at radius 1 is 1.53 bits per heavy atom. The third-order valence-corrected chi connectivity index (χ3v) is 2.16. The van der Waals surface area contributed by atoms with Crippen molar-refractivity contribution >= 4 is 17.1 Å². The summed E-state index contributed by atoms with van der Waals surface area (Å²) in [4.78, 5) is 15.5. The summed E-state index contributed by atoms with van der Waals surface area (Å²) >= 11 is 1.28. The second-order valence-electron chi connectivity index (χ2n) is 2.79. The molecule has 0 saturated heterocycles. The Morgan fingerprint density at radius 3 is 2.80 bits per heavy atom. The maximum absolute atomic E-state index is 11.6. The molecule has 3 nitrogen and oxygen atoms in total. The van der Waals surface area contributed by atoms with Crippen LogP contribution >= 0.6 is 11.3 Å². The predicted molar refractivity (Wildman–Crippen MR) is 47.7 cm³/mol. The molecule has 0 N–H and O–H groups in total. The molecule has 15 heavy (non-hydrogen) atoms. The molecule has 0 aliphatic heterocycles. The van der Waals surface area contributed by atoms with Gasteiger partial charge in [0.15, 0.2) is 5.78 Å². The van der Waals surface area contributed by atoms with Gasteiger partial charge >= 0.3 is 6.18 Å². The van der Waals surface area contributed by atoms with Crippen molar-refractivity contribution in [2.45, 2.75) is 12.6 Å². The fraction of sp³-hybridized carbons (Fsp3) is 0.500. The topological polar surface area (TPSA) is 39.2 Å². The van der Waals surface area contributed by atoms with E-state index in [1.54, 1.807) is 5.51 Å². The number of thiazole rings is 1. The van der Waals surface area contributed by atoms with Crippen molar-refractivity contribution in [3.63, 3.8) is 0 Å². The number of hydrogen-bond acceptors (Lipinski definition) is 4. The summed E-state index contributed by atoms with van der Waals surface area (Å²) in [6, 6.07) is 0. The molecule has 0 amide bonds. The zero-order chi connectivity index (χ0) is 11.3. The molecule has 0 aliphatic carbocycles. The van der Waals surface area contributed by atoms with E-state index in [9.17, 15) is 18.0 Å². The van der Waals surface area contributed by atoms with Gasteiger partial charge in [0.1, 0.15) is 13.2 Å². The highest BCUT2D eigenvalue weighted by atomic mass is 32.1. The molecule has 0 aliphatic rings. The number of nitrogens with zero attached hydrogens (tertiary/aromatic N) is 1. The van der Waals surface area contributed by atoms with E-state index >= 15 is 0 Å². The van der Waals surface area contributed by atoms with Gasteiger partial charge in [-0.15, -0.1) is 11.3 Å². The third-order valence-electron chi connectivity index (χ3n) is 1.38. The summed E-state index contributed by atoms with van der Waals surface area (Å²) < 4.78 is 39.1. The van der Waals surface area contributed by atoms with Gasteiger partial charge in [-0.25, -0.2) is 0 Å². The van der Waals surface area contributed by atoms with Crippen LogP contribution in [0.1, 0.15) is 4.88 Å². The monoisotopic (exact) mass is 239 g/mol. The molecule has 84 valence electrons. The smallest absolute Gasteiger partial charge is 0.364 e. The van der Waals surface area contributed by atoms with E-state index < -0.39 is 19.4 Å². The van der Waals surface area contributed by atoms with Crippen molar-refractivity contribution in [3.8, 4) is 0 Å². The average Bonchev–Trinajstić information content (AvgIpc) is 2.54. The van der Waals surface area contributed by atoms with E-state index in [4.69, 9.17) is 0 Å². The van der Waals surface area contributed by atoms with Crippen molar-refractivity contribution in [3.05, 3.63) is 16.6 Å². The maximum atomic E-state index is 11.6. The maximum Gasteiger partial charge on any atom is 0.411 e. The van der Waals surface area contributed by atoms with Crippen LogP contribution in [0.5, 0.6) is 0 Å². The van der Waals surface area contributed by atoms with Crippen LogP contribution in [0.2, 0.25) is 0 Å². The Labute approximate surface area is 87.9 Å². The molecule has 0 fully saturated rings. The Balaban J connectivity index is 2.20. The zero-order valence-electron chi connectivity index (χ0n) is 7.58. The first-order valence-electron chi connectivity index (χ1n) is 4.01. The summed E-state index contributed by atoms with van der Waals surface area (Å²) in [5.41, 5.74) is 1.55. The quantitative estimate of drug-likeness (QED) is 0.787. The van der Waals surface area contributed by atoms with Crippen molar-refractivity contribution in [2.75, 3.05) is 13.2 Å². The minimum absolute atomic E-state index is 0.0719. The molecule has 1 aromatic rings. The van der Waals surface area contributed by atoms with Crippen LogP contribution in [0.4, 0.5) is 13.2 Å². The number of aromatic nitrogens is 1. The van der Waals surface area contributed by atoms with Crippen LogP contribution in [0, 0.1) is 0 Å². The lowest BCUT2D eigenvalue weighted by Crippen LogP contribution is -2.21. The molecule has 1 heterocycles. The van der Waals surface area contributed by atoms with Crippen LogP contribution in [-0.4, -0.2) is 30.2 Å². The van der Waals surface area contributed by atoms with Gasteiger partial charge in [-0.3, -0.25) is 9.78 Å². The Morgan fingerprint density at radius 2 is 2.27 bits per heavy atom. The normalized spacial score (nSPS) is 11.7. The molecular formula is C8H8F3NO2S. The molecule has 0 aromatic carbocycles. The highest BCUT2D eigenvalue weighted by molar-refractivity contribution is 7.09. The Kier molecular flexibility index (Phi) is 4.22. The van der Waals surface area contributed by atoms with E-state index in [1.165, 1.54) is 17.5 Å². The van der Waals surface area contributed by atoms with Gasteiger partial charge in [0.2, 0.25) is 0 Å². The summed E-state index contributed by atoms with van der Waals surface area (Å²) in [6.07, 6.45) is -2.81. The van der Waals surface area contributed by atoms with Gasteiger partial charge in [0.25, 0.3) is 0 Å². The summed E-state index contributed by atoms with van der Waals surface area (Å²) in [6.45, 7) is -1.90.